The highest BCUT2D eigenvalue weighted by Gasteiger charge is 2.43. The molecular weight excluding hydrogens is 391 g/mol. The number of aryl methyl sites for hydroxylation is 1. The predicted molar refractivity (Wildman–Crippen MR) is 107 cm³/mol. The number of rotatable bonds is 9. The molecule has 0 saturated carbocycles. The van der Waals surface area contributed by atoms with Crippen LogP contribution < -0.4 is 0 Å². The van der Waals surface area contributed by atoms with Gasteiger partial charge in [0.25, 0.3) is 0 Å². The molecule has 2 aromatic rings. The van der Waals surface area contributed by atoms with E-state index in [0.29, 0.717) is 4.90 Å². The molecule has 2 aromatic carbocycles. The summed E-state index contributed by atoms with van der Waals surface area (Å²) in [5.41, 5.74) is 1.80. The summed E-state index contributed by atoms with van der Waals surface area (Å²) in [6, 6.07) is 16.6. The van der Waals surface area contributed by atoms with E-state index in [1.807, 2.05) is 49.4 Å². The van der Waals surface area contributed by atoms with Gasteiger partial charge in [-0.1, -0.05) is 48.0 Å². The van der Waals surface area contributed by atoms with Crippen molar-refractivity contribution in [2.45, 2.75) is 36.0 Å². The predicted octanol–water partition coefficient (Wildman–Crippen LogP) is 5.67. The third kappa shape index (κ3) is 5.05. The van der Waals surface area contributed by atoms with E-state index in [1.165, 1.54) is 0 Å². The molecule has 4 nitrogen and oxygen atoms in total. The van der Waals surface area contributed by atoms with Gasteiger partial charge < -0.3 is 9.05 Å². The van der Waals surface area contributed by atoms with Crippen LogP contribution in [0, 0.1) is 6.92 Å². The van der Waals surface area contributed by atoms with Crippen LogP contribution in [0.25, 0.3) is 0 Å². The molecule has 0 spiro atoms. The molecule has 0 N–H and O–H groups in total. The Morgan fingerprint density at radius 1 is 1.00 bits per heavy atom. The molecule has 7 heteroatoms. The Labute approximate surface area is 162 Å². The van der Waals surface area contributed by atoms with Crippen LogP contribution in [0.2, 0.25) is 0 Å². The molecule has 26 heavy (non-hydrogen) atoms. The lowest BCUT2D eigenvalue weighted by Crippen LogP contribution is -2.21. The summed E-state index contributed by atoms with van der Waals surface area (Å²) in [4.78, 5) is 0.620. The molecule has 0 aliphatic rings. The van der Waals surface area contributed by atoms with Crippen molar-refractivity contribution in [3.63, 3.8) is 0 Å². The molecule has 2 rings (SSSR count). The molecule has 0 fully saturated rings. The summed E-state index contributed by atoms with van der Waals surface area (Å²) in [6.45, 7) is 5.80. The molecule has 142 valence electrons. The van der Waals surface area contributed by atoms with Crippen LogP contribution in [-0.2, 0) is 24.4 Å². The number of hydrogen-bond donors (Lipinski definition) is 0. The molecule has 0 aliphatic carbocycles. The zero-order chi connectivity index (χ0) is 19.2. The van der Waals surface area contributed by atoms with E-state index < -0.39 is 28.8 Å². The fourth-order valence-electron chi connectivity index (χ4n) is 2.55. The van der Waals surface area contributed by atoms with Gasteiger partial charge in [-0.25, -0.2) is 0 Å². The first-order valence-electron chi connectivity index (χ1n) is 8.48. The highest BCUT2D eigenvalue weighted by molar-refractivity contribution is 7.86. The van der Waals surface area contributed by atoms with Gasteiger partial charge in [0, 0.05) is 4.90 Å². The highest BCUT2D eigenvalue weighted by atomic mass is 35.5. The highest BCUT2D eigenvalue weighted by Crippen LogP contribution is 2.60. The van der Waals surface area contributed by atoms with E-state index in [4.69, 9.17) is 20.6 Å². The minimum atomic E-state index is -3.64. The molecule has 0 amide bonds. The Balaban J connectivity index is 2.48. The molecule has 1 unspecified atom stereocenters. The SMILES string of the molecule is CCOP(=O)(OCC)[C@@H](Cl)[C@@H](c1ccccc1)S(=O)c1ccc(C)cc1. The molecule has 3 atom stereocenters. The first kappa shape index (κ1) is 21.3. The van der Waals surface area contributed by atoms with E-state index in [9.17, 15) is 8.77 Å². The van der Waals surface area contributed by atoms with Crippen molar-refractivity contribution in [2.75, 3.05) is 13.2 Å². The summed E-state index contributed by atoms with van der Waals surface area (Å²) >= 11 is 6.62. The van der Waals surface area contributed by atoms with Gasteiger partial charge in [-0.15, -0.1) is 11.6 Å². The third-order valence-electron chi connectivity index (χ3n) is 3.78. The lowest BCUT2D eigenvalue weighted by atomic mass is 10.2. The van der Waals surface area contributed by atoms with Crippen molar-refractivity contribution in [1.29, 1.82) is 0 Å². The van der Waals surface area contributed by atoms with Crippen LogP contribution in [0.1, 0.15) is 30.2 Å². The van der Waals surface area contributed by atoms with Crippen LogP contribution >= 0.6 is 19.2 Å². The second-order valence-corrected chi connectivity index (χ2v) is 10.2. The number of halogens is 1. The maximum atomic E-state index is 13.3. The Kier molecular flexibility index (Phi) is 8.05. The zero-order valence-electron chi connectivity index (χ0n) is 15.1. The average Bonchev–Trinajstić information content (AvgIpc) is 2.63. The minimum Gasteiger partial charge on any atom is -0.308 e. The van der Waals surface area contributed by atoms with Crippen LogP contribution in [0.3, 0.4) is 0 Å². The maximum absolute atomic E-state index is 13.3. The zero-order valence-corrected chi connectivity index (χ0v) is 17.6. The van der Waals surface area contributed by atoms with Gasteiger partial charge >= 0.3 is 7.60 Å². The van der Waals surface area contributed by atoms with E-state index in [1.54, 1.807) is 26.0 Å². The number of hydrogen-bond acceptors (Lipinski definition) is 4. The Bertz CT molecular complexity index is 757. The first-order chi connectivity index (χ1) is 12.4. The Morgan fingerprint density at radius 2 is 1.54 bits per heavy atom. The van der Waals surface area contributed by atoms with E-state index >= 15 is 0 Å². The second-order valence-electron chi connectivity index (χ2n) is 5.69. The summed E-state index contributed by atoms with van der Waals surface area (Å²) in [5, 5.41) is -1.81. The van der Waals surface area contributed by atoms with Gasteiger partial charge in [0.1, 0.15) is 0 Å². The van der Waals surface area contributed by atoms with Crippen molar-refractivity contribution in [1.82, 2.24) is 0 Å². The molecular formula is C19H24ClO4PS. The summed E-state index contributed by atoms with van der Waals surface area (Å²) in [6.07, 6.45) is 0. The molecule has 0 radical (unpaired) electrons. The topological polar surface area (TPSA) is 52.6 Å². The van der Waals surface area contributed by atoms with Crippen molar-refractivity contribution in [3.8, 4) is 0 Å². The smallest absolute Gasteiger partial charge is 0.308 e. The minimum absolute atomic E-state index is 0.194. The van der Waals surface area contributed by atoms with Crippen LogP contribution in [0.4, 0.5) is 0 Å². The molecule has 0 saturated heterocycles. The fourth-order valence-corrected chi connectivity index (χ4v) is 6.98. The number of alkyl halides is 1. The van der Waals surface area contributed by atoms with Crippen LogP contribution in [0.15, 0.2) is 59.5 Å². The average molecular weight is 415 g/mol. The fraction of sp³-hybridized carbons (Fsp3) is 0.368. The van der Waals surface area contributed by atoms with Gasteiger partial charge in [0.2, 0.25) is 0 Å². The van der Waals surface area contributed by atoms with Gasteiger partial charge in [0.05, 0.1) is 29.3 Å². The van der Waals surface area contributed by atoms with Crippen molar-refractivity contribution in [3.05, 3.63) is 65.7 Å². The normalized spacial score (nSPS) is 15.4. The monoisotopic (exact) mass is 414 g/mol. The van der Waals surface area contributed by atoms with E-state index in [2.05, 4.69) is 0 Å². The van der Waals surface area contributed by atoms with Gasteiger partial charge in [0.15, 0.2) is 5.12 Å². The van der Waals surface area contributed by atoms with Crippen LogP contribution in [-0.4, -0.2) is 22.5 Å². The van der Waals surface area contributed by atoms with Crippen molar-refractivity contribution >= 4 is 30.0 Å². The number of benzene rings is 2. The lowest BCUT2D eigenvalue weighted by molar-refractivity contribution is 0.217. The molecule has 0 aromatic heterocycles. The molecule has 0 aliphatic heterocycles. The summed E-state index contributed by atoms with van der Waals surface area (Å²) < 4.78 is 37.4. The van der Waals surface area contributed by atoms with Crippen molar-refractivity contribution in [2.24, 2.45) is 0 Å². The van der Waals surface area contributed by atoms with Gasteiger partial charge in [-0.2, -0.15) is 0 Å². The molecule has 0 bridgehead atoms. The summed E-state index contributed by atoms with van der Waals surface area (Å²) in [5.74, 6) is 0. The quantitative estimate of drug-likeness (QED) is 0.391. The summed E-state index contributed by atoms with van der Waals surface area (Å²) in [7, 11) is -5.17. The Hall–Kier alpha value is -0.970. The third-order valence-corrected chi connectivity index (χ3v) is 8.98. The first-order valence-corrected chi connectivity index (χ1v) is 11.7. The van der Waals surface area contributed by atoms with E-state index in [-0.39, 0.29) is 13.2 Å². The van der Waals surface area contributed by atoms with Gasteiger partial charge in [-0.05, 0) is 38.5 Å². The lowest BCUT2D eigenvalue weighted by Gasteiger charge is -2.28. The Morgan fingerprint density at radius 3 is 2.04 bits per heavy atom. The largest absolute Gasteiger partial charge is 0.349 e. The second kappa shape index (κ2) is 9.82. The molecule has 0 heterocycles. The van der Waals surface area contributed by atoms with Gasteiger partial charge in [-0.3, -0.25) is 8.77 Å². The van der Waals surface area contributed by atoms with Crippen LogP contribution in [0.5, 0.6) is 0 Å². The van der Waals surface area contributed by atoms with E-state index in [0.717, 1.165) is 11.1 Å². The maximum Gasteiger partial charge on any atom is 0.349 e. The van der Waals surface area contributed by atoms with Crippen molar-refractivity contribution < 1.29 is 17.8 Å². The standard InChI is InChI=1S/C19H24ClO4PS/c1-4-23-25(21,24-5-2)19(20)18(16-9-7-6-8-10-16)26(22)17-13-11-15(3)12-14-17/h6-14,18-19H,4-5H2,1-3H3/t18-,19-,26?/m1/s1.